The number of hydrogen-bond donors (Lipinski definition) is 1. The van der Waals surface area contributed by atoms with E-state index in [1.165, 1.54) is 23.9 Å². The monoisotopic (exact) mass is 351 g/mol. The van der Waals surface area contributed by atoms with Gasteiger partial charge in [0, 0.05) is 19.6 Å². The molecule has 5 nitrogen and oxygen atoms in total. The summed E-state index contributed by atoms with van der Waals surface area (Å²) in [5.41, 5.74) is 1.57. The van der Waals surface area contributed by atoms with Crippen molar-refractivity contribution in [1.29, 1.82) is 0 Å². The maximum Gasteiger partial charge on any atom is 0.233 e. The number of rotatable bonds is 8. The maximum absolute atomic E-state index is 13.0. The minimum absolute atomic E-state index is 0.0619. The number of hydrogen-bond acceptors (Lipinski definition) is 4. The van der Waals surface area contributed by atoms with Crippen LogP contribution in [0.15, 0.2) is 35.6 Å². The highest BCUT2D eigenvalue weighted by atomic mass is 32.2. The van der Waals surface area contributed by atoms with E-state index in [4.69, 9.17) is 0 Å². The van der Waals surface area contributed by atoms with E-state index >= 15 is 0 Å². The summed E-state index contributed by atoms with van der Waals surface area (Å²) in [6.07, 6.45) is 1.60. The second kappa shape index (κ2) is 8.84. The van der Waals surface area contributed by atoms with Crippen LogP contribution in [0.3, 0.4) is 0 Å². The molecule has 0 fully saturated rings. The Bertz CT molecular complexity index is 669. The molecule has 2 rings (SSSR count). The Hall–Kier alpha value is -1.86. The predicted octanol–water partition coefficient (Wildman–Crippen LogP) is 2.52. The number of benzene rings is 1. The van der Waals surface area contributed by atoms with Crippen LogP contribution in [-0.4, -0.2) is 44.3 Å². The predicted molar refractivity (Wildman–Crippen MR) is 92.3 cm³/mol. The van der Waals surface area contributed by atoms with Gasteiger partial charge < -0.3 is 14.6 Å². The van der Waals surface area contributed by atoms with Crippen LogP contribution in [-0.2, 0) is 17.9 Å². The molecule has 130 valence electrons. The van der Waals surface area contributed by atoms with Crippen molar-refractivity contribution in [2.24, 2.45) is 0 Å². The van der Waals surface area contributed by atoms with Gasteiger partial charge in [-0.1, -0.05) is 23.9 Å². The van der Waals surface area contributed by atoms with Crippen molar-refractivity contribution in [2.45, 2.75) is 32.2 Å². The highest BCUT2D eigenvalue weighted by Crippen LogP contribution is 2.21. The molecule has 0 radical (unpaired) electrons. The summed E-state index contributed by atoms with van der Waals surface area (Å²) in [6, 6.07) is 6.21. The molecule has 0 atom stereocenters. The average molecular weight is 351 g/mol. The first-order valence-electron chi connectivity index (χ1n) is 7.89. The van der Waals surface area contributed by atoms with Gasteiger partial charge in [0.25, 0.3) is 0 Å². The van der Waals surface area contributed by atoms with Gasteiger partial charge in [-0.3, -0.25) is 4.79 Å². The molecule has 24 heavy (non-hydrogen) atoms. The quantitative estimate of drug-likeness (QED) is 0.743. The van der Waals surface area contributed by atoms with Gasteiger partial charge in [0.05, 0.1) is 24.3 Å². The zero-order chi connectivity index (χ0) is 17.5. The fraction of sp³-hybridized carbons (Fsp3) is 0.412. The maximum atomic E-state index is 13.0. The largest absolute Gasteiger partial charge is 0.390 e. The van der Waals surface area contributed by atoms with E-state index in [1.54, 1.807) is 23.2 Å². The van der Waals surface area contributed by atoms with Crippen LogP contribution in [0.1, 0.15) is 25.1 Å². The van der Waals surface area contributed by atoms with E-state index in [-0.39, 0.29) is 18.3 Å². The molecule has 2 aromatic rings. The summed E-state index contributed by atoms with van der Waals surface area (Å²) in [7, 11) is 0. The van der Waals surface area contributed by atoms with Crippen LogP contribution in [0.4, 0.5) is 4.39 Å². The minimum Gasteiger partial charge on any atom is -0.390 e. The SMILES string of the molecule is CCN(CC)C(=O)CSc1ncc(CO)n1Cc1ccc(F)cc1. The first-order chi connectivity index (χ1) is 11.6. The van der Waals surface area contributed by atoms with Gasteiger partial charge in [-0.05, 0) is 31.5 Å². The van der Waals surface area contributed by atoms with E-state index in [9.17, 15) is 14.3 Å². The number of aliphatic hydroxyl groups is 1. The Kier molecular flexibility index (Phi) is 6.81. The van der Waals surface area contributed by atoms with Crippen LogP contribution in [0.5, 0.6) is 0 Å². The lowest BCUT2D eigenvalue weighted by Crippen LogP contribution is -2.32. The summed E-state index contributed by atoms with van der Waals surface area (Å²) >= 11 is 1.35. The van der Waals surface area contributed by atoms with Crippen molar-refractivity contribution in [3.05, 3.63) is 47.5 Å². The van der Waals surface area contributed by atoms with Crippen LogP contribution in [0, 0.1) is 5.82 Å². The van der Waals surface area contributed by atoms with Crippen molar-refractivity contribution in [2.75, 3.05) is 18.8 Å². The first-order valence-corrected chi connectivity index (χ1v) is 8.87. The van der Waals surface area contributed by atoms with E-state index in [0.717, 1.165) is 5.56 Å². The third kappa shape index (κ3) is 4.58. The molecule has 0 spiro atoms. The van der Waals surface area contributed by atoms with Crippen molar-refractivity contribution >= 4 is 17.7 Å². The number of thioether (sulfide) groups is 1. The highest BCUT2D eigenvalue weighted by molar-refractivity contribution is 7.99. The summed E-state index contributed by atoms with van der Waals surface area (Å²) in [5, 5.41) is 10.2. The first kappa shape index (κ1) is 18.5. The molecule has 0 saturated carbocycles. The third-order valence-electron chi connectivity index (χ3n) is 3.76. The van der Waals surface area contributed by atoms with E-state index < -0.39 is 0 Å². The van der Waals surface area contributed by atoms with E-state index in [1.807, 2.05) is 18.4 Å². The smallest absolute Gasteiger partial charge is 0.233 e. The molecule has 1 aromatic carbocycles. The molecule has 7 heteroatoms. The fourth-order valence-corrected chi connectivity index (χ4v) is 3.27. The molecule has 1 heterocycles. The fourth-order valence-electron chi connectivity index (χ4n) is 2.37. The molecular weight excluding hydrogens is 329 g/mol. The number of amides is 1. The van der Waals surface area contributed by atoms with Crippen LogP contribution in [0.2, 0.25) is 0 Å². The van der Waals surface area contributed by atoms with Gasteiger partial charge in [0.2, 0.25) is 5.91 Å². The molecule has 1 aromatic heterocycles. The normalized spacial score (nSPS) is 10.8. The van der Waals surface area contributed by atoms with Crippen molar-refractivity contribution in [3.8, 4) is 0 Å². The summed E-state index contributed by atoms with van der Waals surface area (Å²) in [6.45, 7) is 5.59. The lowest BCUT2D eigenvalue weighted by molar-refractivity contribution is -0.127. The van der Waals surface area contributed by atoms with Gasteiger partial charge in [0.1, 0.15) is 5.82 Å². The Morgan fingerprint density at radius 2 is 1.96 bits per heavy atom. The average Bonchev–Trinajstić information content (AvgIpc) is 2.98. The van der Waals surface area contributed by atoms with Crippen LogP contribution < -0.4 is 0 Å². The molecule has 1 N–H and O–H groups in total. The summed E-state index contributed by atoms with van der Waals surface area (Å²) in [5.74, 6) is 0.0746. The number of halogens is 1. The molecule has 0 saturated heterocycles. The lowest BCUT2D eigenvalue weighted by Gasteiger charge is -2.18. The molecule has 0 unspecified atom stereocenters. The zero-order valence-corrected chi connectivity index (χ0v) is 14.7. The number of imidazole rings is 1. The molecule has 0 aliphatic heterocycles. The lowest BCUT2D eigenvalue weighted by atomic mass is 10.2. The Labute approximate surface area is 145 Å². The number of carbonyl (C=O) groups is 1. The Morgan fingerprint density at radius 1 is 1.29 bits per heavy atom. The van der Waals surface area contributed by atoms with Crippen LogP contribution >= 0.6 is 11.8 Å². The number of carbonyl (C=O) groups excluding carboxylic acids is 1. The number of aromatic nitrogens is 2. The number of aliphatic hydroxyl groups excluding tert-OH is 1. The van der Waals surface area contributed by atoms with Gasteiger partial charge >= 0.3 is 0 Å². The van der Waals surface area contributed by atoms with Crippen LogP contribution in [0.25, 0.3) is 0 Å². The third-order valence-corrected chi connectivity index (χ3v) is 4.73. The minimum atomic E-state index is -0.286. The van der Waals surface area contributed by atoms with Gasteiger partial charge in [-0.2, -0.15) is 0 Å². The second-order valence-electron chi connectivity index (χ2n) is 5.26. The number of nitrogens with zero attached hydrogens (tertiary/aromatic N) is 3. The summed E-state index contributed by atoms with van der Waals surface area (Å²) in [4.78, 5) is 18.2. The van der Waals surface area contributed by atoms with E-state index in [2.05, 4.69) is 4.98 Å². The van der Waals surface area contributed by atoms with E-state index in [0.29, 0.717) is 36.2 Å². The highest BCUT2D eigenvalue weighted by Gasteiger charge is 2.15. The molecule has 0 aliphatic rings. The van der Waals surface area contributed by atoms with Crippen molar-refractivity contribution in [1.82, 2.24) is 14.5 Å². The van der Waals surface area contributed by atoms with Crippen molar-refractivity contribution in [3.63, 3.8) is 0 Å². The Morgan fingerprint density at radius 3 is 2.54 bits per heavy atom. The molecule has 1 amide bonds. The standard InChI is InChI=1S/C17H22FN3O2S/c1-3-20(4-2)16(23)12-24-17-19-9-15(11-22)21(17)10-13-5-7-14(18)8-6-13/h5-9,22H,3-4,10-12H2,1-2H3. The van der Waals surface area contributed by atoms with Gasteiger partial charge in [0.15, 0.2) is 5.16 Å². The molecule has 0 bridgehead atoms. The molecule has 0 aliphatic carbocycles. The molecular formula is C17H22FN3O2S. The Balaban J connectivity index is 2.12. The zero-order valence-electron chi connectivity index (χ0n) is 13.9. The van der Waals surface area contributed by atoms with Gasteiger partial charge in [-0.25, -0.2) is 9.37 Å². The topological polar surface area (TPSA) is 58.4 Å². The van der Waals surface area contributed by atoms with Crippen molar-refractivity contribution < 1.29 is 14.3 Å². The van der Waals surface area contributed by atoms with Gasteiger partial charge in [-0.15, -0.1) is 0 Å². The summed E-state index contributed by atoms with van der Waals surface area (Å²) < 4.78 is 14.9. The second-order valence-corrected chi connectivity index (χ2v) is 6.20.